The van der Waals surface area contributed by atoms with E-state index in [1.807, 2.05) is 0 Å². The molecule has 0 saturated carbocycles. The fourth-order valence-corrected chi connectivity index (χ4v) is 4.85. The zero-order valence-electron chi connectivity index (χ0n) is 22.4. The van der Waals surface area contributed by atoms with Crippen LogP contribution in [0.4, 0.5) is 13.2 Å². The van der Waals surface area contributed by atoms with Crippen LogP contribution in [0.25, 0.3) is 6.08 Å². The minimum absolute atomic E-state index is 0.286. The molecular formula is C27H36F3NO7. The molecule has 11 heteroatoms. The highest BCUT2D eigenvalue weighted by atomic mass is 19.4. The van der Waals surface area contributed by atoms with Crippen LogP contribution in [0.1, 0.15) is 65.5 Å². The average Bonchev–Trinajstić information content (AvgIpc) is 3.38. The van der Waals surface area contributed by atoms with Crippen molar-refractivity contribution in [3.8, 4) is 0 Å². The van der Waals surface area contributed by atoms with Crippen LogP contribution in [0.5, 0.6) is 0 Å². The van der Waals surface area contributed by atoms with Crippen LogP contribution in [0.15, 0.2) is 28.4 Å². The number of nitrogens with zero attached hydrogens (tertiary/aromatic N) is 1. The number of Topliss-reactive ketones (excluding diaryl/α,β-unsaturated/α-hetero) is 1. The van der Waals surface area contributed by atoms with Gasteiger partial charge in [0.1, 0.15) is 29.9 Å². The van der Waals surface area contributed by atoms with Gasteiger partial charge in [0.05, 0.1) is 24.0 Å². The quantitative estimate of drug-likeness (QED) is 0.321. The summed E-state index contributed by atoms with van der Waals surface area (Å²) in [6.45, 7) is 9.26. The van der Waals surface area contributed by atoms with Gasteiger partial charge in [0.2, 0.25) is 0 Å². The number of carbonyl (C=O) groups excluding carboxylic acids is 2. The number of epoxide rings is 1. The van der Waals surface area contributed by atoms with Crippen molar-refractivity contribution in [1.82, 2.24) is 4.98 Å². The molecule has 0 bridgehead atoms. The van der Waals surface area contributed by atoms with Crippen LogP contribution in [-0.2, 0) is 19.1 Å². The Morgan fingerprint density at radius 2 is 1.87 bits per heavy atom. The zero-order chi connectivity index (χ0) is 28.6. The molecule has 1 saturated heterocycles. The second kappa shape index (κ2) is 10.9. The summed E-state index contributed by atoms with van der Waals surface area (Å²) in [7, 11) is 0. The van der Waals surface area contributed by atoms with Gasteiger partial charge in [0, 0.05) is 31.6 Å². The summed E-state index contributed by atoms with van der Waals surface area (Å²) in [5.74, 6) is -2.58. The molecule has 1 fully saturated rings. The molecule has 2 aliphatic rings. The Kier molecular flexibility index (Phi) is 8.65. The molecule has 0 aliphatic carbocycles. The summed E-state index contributed by atoms with van der Waals surface area (Å²) in [5, 5.41) is 21.5. The number of fused-ring (bicyclic) bond motifs is 1. The summed E-state index contributed by atoms with van der Waals surface area (Å²) in [5.41, 5.74) is -3.06. The van der Waals surface area contributed by atoms with Gasteiger partial charge in [-0.3, -0.25) is 9.59 Å². The normalized spacial score (nSPS) is 36.3. The molecule has 0 amide bonds. The maximum absolute atomic E-state index is 14.1. The first-order chi connectivity index (χ1) is 17.5. The van der Waals surface area contributed by atoms with E-state index < -0.39 is 78.0 Å². The first-order valence-electron chi connectivity index (χ1n) is 12.6. The van der Waals surface area contributed by atoms with E-state index in [2.05, 4.69) is 4.98 Å². The minimum Gasteiger partial charge on any atom is -0.458 e. The standard InChI is InChI=1S/C27H36F3NO7/c1-14-8-7-9-26(27(28,29)30)21(38-26)11-19(15(2)10-18-13-36-17(4)31-18)37-22(33)12-20(32)25(5,6)24(35)16(3)23(14)34/h7-8,10,13-14,16,19-21,23,32,34H,9,11-12H2,1-6H3/b8-7+,15-10+/t14-,16+,19-,20-,21?,23-,26?/m0/s1. The maximum atomic E-state index is 14.1. The van der Waals surface area contributed by atoms with Gasteiger partial charge in [-0.25, -0.2) is 4.98 Å². The molecule has 0 spiro atoms. The number of alkyl halides is 3. The summed E-state index contributed by atoms with van der Waals surface area (Å²) >= 11 is 0. The first-order valence-corrected chi connectivity index (χ1v) is 12.6. The molecule has 0 aromatic carbocycles. The molecule has 3 rings (SSSR count). The Labute approximate surface area is 219 Å². The number of hydrogen-bond donors (Lipinski definition) is 2. The predicted molar refractivity (Wildman–Crippen MR) is 131 cm³/mol. The molecule has 2 aliphatic heterocycles. The number of ketones is 1. The van der Waals surface area contributed by atoms with E-state index in [0.717, 1.165) is 0 Å². The number of ether oxygens (including phenoxy) is 2. The van der Waals surface area contributed by atoms with Crippen LogP contribution in [0, 0.1) is 24.2 Å². The predicted octanol–water partition coefficient (Wildman–Crippen LogP) is 4.33. The minimum atomic E-state index is -4.70. The molecular weight excluding hydrogens is 507 g/mol. The van der Waals surface area contributed by atoms with Crippen LogP contribution >= 0.6 is 0 Å². The van der Waals surface area contributed by atoms with E-state index in [-0.39, 0.29) is 6.42 Å². The van der Waals surface area contributed by atoms with Crippen molar-refractivity contribution in [2.24, 2.45) is 17.3 Å². The number of esters is 1. The largest absolute Gasteiger partial charge is 0.458 e. The van der Waals surface area contributed by atoms with E-state index in [9.17, 15) is 33.0 Å². The number of aromatic nitrogens is 1. The van der Waals surface area contributed by atoms with Crippen LogP contribution in [-0.4, -0.2) is 63.1 Å². The van der Waals surface area contributed by atoms with Gasteiger partial charge >= 0.3 is 12.1 Å². The van der Waals surface area contributed by atoms with E-state index in [1.54, 1.807) is 26.8 Å². The zero-order valence-corrected chi connectivity index (χ0v) is 22.4. The molecule has 38 heavy (non-hydrogen) atoms. The molecule has 2 N–H and O–H groups in total. The molecule has 7 atom stereocenters. The second-order valence-electron chi connectivity index (χ2n) is 11.0. The van der Waals surface area contributed by atoms with Gasteiger partial charge in [0.15, 0.2) is 11.5 Å². The summed E-state index contributed by atoms with van der Waals surface area (Å²) in [6, 6.07) is 0. The highest BCUT2D eigenvalue weighted by Crippen LogP contribution is 2.54. The maximum Gasteiger partial charge on any atom is 0.420 e. The Bertz CT molecular complexity index is 1090. The number of cyclic esters (lactones) is 1. The first kappa shape index (κ1) is 30.0. The van der Waals surface area contributed by atoms with Crippen LogP contribution < -0.4 is 0 Å². The van der Waals surface area contributed by atoms with E-state index in [0.29, 0.717) is 17.2 Å². The number of rotatable bonds is 2. The average molecular weight is 544 g/mol. The number of aryl methyl sites for hydroxylation is 1. The van der Waals surface area contributed by atoms with Gasteiger partial charge in [-0.15, -0.1) is 0 Å². The molecule has 1 aromatic heterocycles. The van der Waals surface area contributed by atoms with Gasteiger partial charge < -0.3 is 24.1 Å². The molecule has 2 unspecified atom stereocenters. The van der Waals surface area contributed by atoms with E-state index in [4.69, 9.17) is 13.9 Å². The number of carbonyl (C=O) groups is 2. The Hall–Kier alpha value is -2.50. The molecule has 0 radical (unpaired) electrons. The summed E-state index contributed by atoms with van der Waals surface area (Å²) < 4.78 is 58.3. The number of aliphatic hydroxyl groups is 2. The number of oxazole rings is 1. The highest BCUT2D eigenvalue weighted by Gasteiger charge is 2.72. The van der Waals surface area contributed by atoms with E-state index in [1.165, 1.54) is 39.2 Å². The third kappa shape index (κ3) is 6.21. The van der Waals surface area contributed by atoms with Gasteiger partial charge in [-0.05, 0) is 18.6 Å². The van der Waals surface area contributed by atoms with E-state index >= 15 is 0 Å². The molecule has 8 nitrogen and oxygen atoms in total. The van der Waals surface area contributed by atoms with Crippen molar-refractivity contribution < 1.29 is 46.9 Å². The monoisotopic (exact) mass is 543 g/mol. The molecule has 1 aromatic rings. The summed E-state index contributed by atoms with van der Waals surface area (Å²) in [6.07, 6.45) is -5.49. The second-order valence-corrected chi connectivity index (χ2v) is 11.0. The fourth-order valence-electron chi connectivity index (χ4n) is 4.85. The lowest BCUT2D eigenvalue weighted by molar-refractivity contribution is -0.183. The van der Waals surface area contributed by atoms with Gasteiger partial charge in [-0.2, -0.15) is 13.2 Å². The highest BCUT2D eigenvalue weighted by molar-refractivity contribution is 5.88. The Balaban J connectivity index is 1.98. The number of aliphatic hydroxyl groups excluding tert-OH is 2. The number of hydrogen-bond acceptors (Lipinski definition) is 8. The van der Waals surface area contributed by atoms with Crippen LogP contribution in [0.2, 0.25) is 0 Å². The van der Waals surface area contributed by atoms with Gasteiger partial charge in [0.25, 0.3) is 0 Å². The number of halogens is 3. The van der Waals surface area contributed by atoms with Crippen molar-refractivity contribution in [1.29, 1.82) is 0 Å². The lowest BCUT2D eigenvalue weighted by atomic mass is 9.73. The molecule has 212 valence electrons. The SMILES string of the molecule is C/C(=C\c1coc(C)n1)[C@@H]1CC2OC2(C(F)(F)F)C/C=C/[C@H](C)[C@H](O)[C@@H](C)C(=O)C(C)(C)[C@@H](O)CC(=O)O1. The van der Waals surface area contributed by atoms with Crippen LogP contribution in [0.3, 0.4) is 0 Å². The van der Waals surface area contributed by atoms with Crippen molar-refractivity contribution in [2.75, 3.05) is 0 Å². The Morgan fingerprint density at radius 3 is 2.45 bits per heavy atom. The smallest absolute Gasteiger partial charge is 0.420 e. The van der Waals surface area contributed by atoms with Crippen molar-refractivity contribution in [3.05, 3.63) is 35.6 Å². The third-order valence-electron chi connectivity index (χ3n) is 7.67. The molecule has 3 heterocycles. The lowest BCUT2D eigenvalue weighted by Crippen LogP contribution is -2.45. The third-order valence-corrected chi connectivity index (χ3v) is 7.67. The topological polar surface area (TPSA) is 122 Å². The van der Waals surface area contributed by atoms with Crippen molar-refractivity contribution in [2.45, 2.75) is 97.0 Å². The summed E-state index contributed by atoms with van der Waals surface area (Å²) in [4.78, 5) is 30.2. The Morgan fingerprint density at radius 1 is 1.21 bits per heavy atom. The van der Waals surface area contributed by atoms with Gasteiger partial charge in [-0.1, -0.05) is 39.8 Å². The lowest BCUT2D eigenvalue weighted by Gasteiger charge is -2.34. The van der Waals surface area contributed by atoms with Crippen molar-refractivity contribution >= 4 is 17.8 Å². The fraction of sp³-hybridized carbons (Fsp3) is 0.667. The van der Waals surface area contributed by atoms with Crippen molar-refractivity contribution in [3.63, 3.8) is 0 Å².